The number of fused-ring (bicyclic) bond motifs is 5. The third kappa shape index (κ3) is 2.31. The van der Waals surface area contributed by atoms with Gasteiger partial charge >= 0.3 is 0 Å². The Labute approximate surface area is 137 Å². The van der Waals surface area contributed by atoms with Crippen molar-refractivity contribution in [3.8, 4) is 16.9 Å². The predicted molar refractivity (Wildman–Crippen MR) is 97.2 cm³/mol. The van der Waals surface area contributed by atoms with Crippen molar-refractivity contribution in [1.82, 2.24) is 0 Å². The highest BCUT2D eigenvalue weighted by atomic mass is 16.5. The van der Waals surface area contributed by atoms with Gasteiger partial charge in [0, 0.05) is 10.9 Å². The fraction of sp³-hybridized carbons (Fsp3) is 0.273. The van der Waals surface area contributed by atoms with Crippen LogP contribution in [0.2, 0.25) is 0 Å². The van der Waals surface area contributed by atoms with E-state index in [0.29, 0.717) is 6.61 Å². The molecule has 0 unspecified atom stereocenters. The number of hydrogen-bond acceptors (Lipinski definition) is 1. The number of ether oxygens (including phenoxy) is 1. The molecule has 0 aromatic heterocycles. The molecular formula is C22H22O. The first kappa shape index (κ1) is 14.3. The van der Waals surface area contributed by atoms with Crippen LogP contribution in [0, 0.1) is 6.92 Å². The fourth-order valence-electron chi connectivity index (χ4n) is 3.38. The van der Waals surface area contributed by atoms with E-state index in [2.05, 4.69) is 76.2 Å². The SMILES string of the molecule is Cc1ccc2c3c(ccc2c1)-c1ccc(C(C)(C)C)cc1CO3. The average molecular weight is 302 g/mol. The largest absolute Gasteiger partial charge is 0.488 e. The number of hydrogen-bond donors (Lipinski definition) is 0. The Balaban J connectivity index is 1.92. The Morgan fingerprint density at radius 1 is 0.870 bits per heavy atom. The Kier molecular flexibility index (Phi) is 3.02. The zero-order chi connectivity index (χ0) is 16.2. The van der Waals surface area contributed by atoms with Gasteiger partial charge in [-0.15, -0.1) is 0 Å². The molecule has 1 aliphatic rings. The number of benzene rings is 3. The van der Waals surface area contributed by atoms with Crippen molar-refractivity contribution in [3.05, 3.63) is 65.2 Å². The first-order valence-corrected chi connectivity index (χ1v) is 8.23. The Hall–Kier alpha value is -2.28. The summed E-state index contributed by atoms with van der Waals surface area (Å²) in [7, 11) is 0. The van der Waals surface area contributed by atoms with Crippen LogP contribution in [0.15, 0.2) is 48.5 Å². The van der Waals surface area contributed by atoms with Crippen LogP contribution < -0.4 is 4.74 Å². The van der Waals surface area contributed by atoms with Crippen LogP contribution in [0.1, 0.15) is 37.5 Å². The van der Waals surface area contributed by atoms with Gasteiger partial charge < -0.3 is 4.74 Å². The fourth-order valence-corrected chi connectivity index (χ4v) is 3.38. The monoisotopic (exact) mass is 302 g/mol. The van der Waals surface area contributed by atoms with E-state index in [9.17, 15) is 0 Å². The Bertz CT molecular complexity index is 913. The number of rotatable bonds is 0. The molecule has 0 aliphatic carbocycles. The van der Waals surface area contributed by atoms with Gasteiger partial charge in [0.15, 0.2) is 0 Å². The van der Waals surface area contributed by atoms with Crippen molar-refractivity contribution >= 4 is 10.8 Å². The minimum atomic E-state index is 0.163. The van der Waals surface area contributed by atoms with Gasteiger partial charge in [0.05, 0.1) is 0 Å². The first-order valence-electron chi connectivity index (χ1n) is 8.23. The summed E-state index contributed by atoms with van der Waals surface area (Å²) in [6.07, 6.45) is 0. The lowest BCUT2D eigenvalue weighted by Gasteiger charge is -2.26. The summed E-state index contributed by atoms with van der Waals surface area (Å²) in [6.45, 7) is 9.54. The molecule has 1 heteroatoms. The molecule has 4 rings (SSSR count). The molecule has 0 saturated carbocycles. The van der Waals surface area contributed by atoms with Crippen molar-refractivity contribution < 1.29 is 4.74 Å². The first-order chi connectivity index (χ1) is 10.9. The topological polar surface area (TPSA) is 9.23 Å². The second-order valence-corrected chi connectivity index (χ2v) is 7.58. The molecule has 23 heavy (non-hydrogen) atoms. The highest BCUT2D eigenvalue weighted by Crippen LogP contribution is 2.43. The molecule has 1 aliphatic heterocycles. The van der Waals surface area contributed by atoms with Gasteiger partial charge in [-0.1, -0.05) is 74.9 Å². The van der Waals surface area contributed by atoms with Gasteiger partial charge in [-0.05, 0) is 34.4 Å². The van der Waals surface area contributed by atoms with Gasteiger partial charge in [-0.25, -0.2) is 0 Å². The second kappa shape index (κ2) is 4.86. The van der Waals surface area contributed by atoms with E-state index in [0.717, 1.165) is 5.75 Å². The van der Waals surface area contributed by atoms with Crippen LogP contribution in [-0.2, 0) is 12.0 Å². The third-order valence-electron chi connectivity index (χ3n) is 4.76. The van der Waals surface area contributed by atoms with Crippen molar-refractivity contribution in [3.63, 3.8) is 0 Å². The van der Waals surface area contributed by atoms with Gasteiger partial charge in [-0.2, -0.15) is 0 Å². The quantitative estimate of drug-likeness (QED) is 0.494. The lowest BCUT2D eigenvalue weighted by molar-refractivity contribution is 0.306. The molecule has 0 spiro atoms. The van der Waals surface area contributed by atoms with E-state index in [1.807, 2.05) is 0 Å². The summed E-state index contributed by atoms with van der Waals surface area (Å²) in [5.74, 6) is 1.03. The summed E-state index contributed by atoms with van der Waals surface area (Å²) in [5, 5.41) is 2.46. The summed E-state index contributed by atoms with van der Waals surface area (Å²) in [4.78, 5) is 0. The smallest absolute Gasteiger partial charge is 0.135 e. The van der Waals surface area contributed by atoms with Crippen LogP contribution in [0.3, 0.4) is 0 Å². The Morgan fingerprint density at radius 2 is 1.65 bits per heavy atom. The maximum atomic E-state index is 6.17. The van der Waals surface area contributed by atoms with Crippen LogP contribution in [0.4, 0.5) is 0 Å². The molecule has 0 fully saturated rings. The van der Waals surface area contributed by atoms with Gasteiger partial charge in [0.2, 0.25) is 0 Å². The lowest BCUT2D eigenvalue weighted by atomic mass is 9.83. The summed E-state index contributed by atoms with van der Waals surface area (Å²) < 4.78 is 6.17. The molecule has 3 aromatic carbocycles. The van der Waals surface area contributed by atoms with Crippen LogP contribution in [0.25, 0.3) is 21.9 Å². The molecule has 1 nitrogen and oxygen atoms in total. The summed E-state index contributed by atoms with van der Waals surface area (Å²) >= 11 is 0. The number of aryl methyl sites for hydroxylation is 1. The molecule has 3 aromatic rings. The molecule has 0 amide bonds. The molecule has 0 atom stereocenters. The second-order valence-electron chi connectivity index (χ2n) is 7.58. The zero-order valence-electron chi connectivity index (χ0n) is 14.2. The molecule has 0 radical (unpaired) electrons. The van der Waals surface area contributed by atoms with Gasteiger partial charge in [-0.3, -0.25) is 0 Å². The lowest BCUT2D eigenvalue weighted by Crippen LogP contribution is -2.13. The van der Waals surface area contributed by atoms with E-state index in [-0.39, 0.29) is 5.41 Å². The van der Waals surface area contributed by atoms with E-state index in [1.165, 1.54) is 38.6 Å². The minimum Gasteiger partial charge on any atom is -0.488 e. The Morgan fingerprint density at radius 3 is 2.43 bits per heavy atom. The van der Waals surface area contributed by atoms with Crippen molar-refractivity contribution in [2.45, 2.75) is 39.7 Å². The minimum absolute atomic E-state index is 0.163. The molecule has 0 saturated heterocycles. The predicted octanol–water partition coefficient (Wildman–Crippen LogP) is 6.01. The van der Waals surface area contributed by atoms with Crippen molar-refractivity contribution in [2.75, 3.05) is 0 Å². The molecule has 1 heterocycles. The van der Waals surface area contributed by atoms with Gasteiger partial charge in [0.25, 0.3) is 0 Å². The van der Waals surface area contributed by atoms with Crippen LogP contribution in [0.5, 0.6) is 5.75 Å². The molecule has 116 valence electrons. The van der Waals surface area contributed by atoms with E-state index < -0.39 is 0 Å². The highest BCUT2D eigenvalue weighted by molar-refractivity contribution is 5.96. The van der Waals surface area contributed by atoms with E-state index in [4.69, 9.17) is 4.74 Å². The standard InChI is InChI=1S/C22H22O/c1-14-5-8-19-15(11-14)6-9-20-18-10-7-17(22(2,3)4)12-16(18)13-23-21(19)20/h5-12H,13H2,1-4H3. The van der Waals surface area contributed by atoms with E-state index in [1.54, 1.807) is 0 Å². The van der Waals surface area contributed by atoms with Crippen LogP contribution in [-0.4, -0.2) is 0 Å². The summed E-state index contributed by atoms with van der Waals surface area (Å²) in [5.41, 5.74) is 6.61. The van der Waals surface area contributed by atoms with Crippen molar-refractivity contribution in [2.24, 2.45) is 0 Å². The molecular weight excluding hydrogens is 280 g/mol. The van der Waals surface area contributed by atoms with E-state index >= 15 is 0 Å². The van der Waals surface area contributed by atoms with Gasteiger partial charge in [0.1, 0.15) is 12.4 Å². The van der Waals surface area contributed by atoms with Crippen molar-refractivity contribution in [1.29, 1.82) is 0 Å². The molecule has 0 N–H and O–H groups in total. The highest BCUT2D eigenvalue weighted by Gasteiger charge is 2.22. The normalized spacial score (nSPS) is 13.4. The summed E-state index contributed by atoms with van der Waals surface area (Å²) in [6, 6.07) is 17.8. The third-order valence-corrected chi connectivity index (χ3v) is 4.76. The molecule has 0 bridgehead atoms. The zero-order valence-corrected chi connectivity index (χ0v) is 14.2. The maximum Gasteiger partial charge on any atom is 0.135 e. The maximum absolute atomic E-state index is 6.17. The average Bonchev–Trinajstić information content (AvgIpc) is 2.52. The van der Waals surface area contributed by atoms with Crippen LogP contribution >= 0.6 is 0 Å².